The van der Waals surface area contributed by atoms with Crippen LogP contribution in [0.5, 0.6) is 0 Å². The summed E-state index contributed by atoms with van der Waals surface area (Å²) in [5.41, 5.74) is 1.69. The SMILES string of the molecule is CN(C)Cc1ccc(B(O)O)cc1.Cl. The largest absolute Gasteiger partial charge is 0.488 e. The van der Waals surface area contributed by atoms with Crippen molar-refractivity contribution in [2.75, 3.05) is 14.1 Å². The van der Waals surface area contributed by atoms with Gasteiger partial charge in [-0.3, -0.25) is 0 Å². The van der Waals surface area contributed by atoms with Crippen molar-refractivity contribution in [2.24, 2.45) is 0 Å². The van der Waals surface area contributed by atoms with Crippen LogP contribution in [0.3, 0.4) is 0 Å². The third-order valence-electron chi connectivity index (χ3n) is 1.78. The highest BCUT2D eigenvalue weighted by molar-refractivity contribution is 6.58. The van der Waals surface area contributed by atoms with Crippen LogP contribution in [0.4, 0.5) is 0 Å². The van der Waals surface area contributed by atoms with Crippen molar-refractivity contribution in [3.63, 3.8) is 0 Å². The first kappa shape index (κ1) is 13.5. The standard InChI is InChI=1S/C9H14BNO2.ClH/c1-11(2)7-8-3-5-9(6-4-8)10(12)13;/h3-6,12-13H,7H2,1-2H3;1H. The lowest BCUT2D eigenvalue weighted by Crippen LogP contribution is -2.29. The van der Waals surface area contributed by atoms with Crippen LogP contribution in [-0.4, -0.2) is 36.2 Å². The Labute approximate surface area is 90.9 Å². The second-order valence-electron chi connectivity index (χ2n) is 3.35. The van der Waals surface area contributed by atoms with Crippen molar-refractivity contribution in [1.29, 1.82) is 0 Å². The van der Waals surface area contributed by atoms with E-state index in [1.54, 1.807) is 12.1 Å². The Kier molecular flexibility index (Phi) is 5.80. The fourth-order valence-corrected chi connectivity index (χ4v) is 1.16. The molecule has 5 heteroatoms. The molecule has 1 aromatic carbocycles. The highest BCUT2D eigenvalue weighted by atomic mass is 35.5. The smallest absolute Gasteiger partial charge is 0.423 e. The van der Waals surface area contributed by atoms with Crippen LogP contribution in [0.2, 0.25) is 0 Å². The van der Waals surface area contributed by atoms with Crippen LogP contribution >= 0.6 is 12.4 Å². The Morgan fingerprint density at radius 3 is 2.00 bits per heavy atom. The molecule has 0 atom stereocenters. The van der Waals surface area contributed by atoms with E-state index in [0.29, 0.717) is 5.46 Å². The van der Waals surface area contributed by atoms with Crippen LogP contribution in [0.25, 0.3) is 0 Å². The molecule has 0 aliphatic carbocycles. The van der Waals surface area contributed by atoms with Gasteiger partial charge >= 0.3 is 7.12 Å². The maximum atomic E-state index is 8.84. The van der Waals surface area contributed by atoms with Crippen molar-refractivity contribution in [2.45, 2.75) is 6.54 Å². The Morgan fingerprint density at radius 2 is 1.64 bits per heavy atom. The minimum Gasteiger partial charge on any atom is -0.423 e. The number of nitrogens with zero attached hydrogens (tertiary/aromatic N) is 1. The van der Waals surface area contributed by atoms with E-state index in [-0.39, 0.29) is 12.4 Å². The van der Waals surface area contributed by atoms with Gasteiger partial charge in [-0.05, 0) is 25.1 Å². The molecule has 0 aliphatic rings. The van der Waals surface area contributed by atoms with Gasteiger partial charge in [-0.1, -0.05) is 24.3 Å². The van der Waals surface area contributed by atoms with Crippen LogP contribution in [0, 0.1) is 0 Å². The average Bonchev–Trinajstić information content (AvgIpc) is 2.04. The molecule has 0 unspecified atom stereocenters. The summed E-state index contributed by atoms with van der Waals surface area (Å²) in [5, 5.41) is 17.7. The third-order valence-corrected chi connectivity index (χ3v) is 1.78. The van der Waals surface area contributed by atoms with Gasteiger partial charge in [-0.25, -0.2) is 0 Å². The molecule has 1 aromatic rings. The fourth-order valence-electron chi connectivity index (χ4n) is 1.16. The van der Waals surface area contributed by atoms with Crippen molar-refractivity contribution >= 4 is 25.0 Å². The minimum atomic E-state index is -1.37. The van der Waals surface area contributed by atoms with E-state index in [1.165, 1.54) is 0 Å². The third kappa shape index (κ3) is 4.11. The van der Waals surface area contributed by atoms with Gasteiger partial charge in [0.25, 0.3) is 0 Å². The van der Waals surface area contributed by atoms with Crippen LogP contribution < -0.4 is 5.46 Å². The van der Waals surface area contributed by atoms with Crippen molar-refractivity contribution < 1.29 is 10.0 Å². The molecule has 3 nitrogen and oxygen atoms in total. The summed E-state index contributed by atoms with van der Waals surface area (Å²) in [6.45, 7) is 0.863. The first-order chi connectivity index (χ1) is 6.09. The molecule has 0 heterocycles. The van der Waals surface area contributed by atoms with Gasteiger partial charge in [0, 0.05) is 6.54 Å². The first-order valence-electron chi connectivity index (χ1n) is 4.19. The molecule has 0 amide bonds. The Bertz CT molecular complexity index is 264. The number of halogens is 1. The molecule has 1 rings (SSSR count). The van der Waals surface area contributed by atoms with E-state index in [1.807, 2.05) is 26.2 Å². The molecule has 0 saturated carbocycles. The van der Waals surface area contributed by atoms with E-state index >= 15 is 0 Å². The molecular formula is C9H15BClNO2. The molecule has 0 aromatic heterocycles. The minimum absolute atomic E-state index is 0. The molecule has 0 bridgehead atoms. The molecule has 0 spiro atoms. The lowest BCUT2D eigenvalue weighted by atomic mass is 9.80. The topological polar surface area (TPSA) is 43.7 Å². The van der Waals surface area contributed by atoms with Gasteiger partial charge in [-0.2, -0.15) is 0 Å². The van der Waals surface area contributed by atoms with Gasteiger partial charge in [0.15, 0.2) is 0 Å². The lowest BCUT2D eigenvalue weighted by molar-refractivity contribution is 0.402. The first-order valence-corrected chi connectivity index (χ1v) is 4.19. The van der Waals surface area contributed by atoms with E-state index in [0.717, 1.165) is 12.1 Å². The second-order valence-corrected chi connectivity index (χ2v) is 3.35. The molecular weight excluding hydrogens is 200 g/mol. The predicted octanol–water partition coefficient (Wildman–Crippen LogP) is -0.150. The zero-order valence-electron chi connectivity index (χ0n) is 8.34. The van der Waals surface area contributed by atoms with Crippen LogP contribution in [0.15, 0.2) is 24.3 Å². The summed E-state index contributed by atoms with van der Waals surface area (Å²) in [5.74, 6) is 0. The molecule has 0 saturated heterocycles. The van der Waals surface area contributed by atoms with Crippen molar-refractivity contribution in [3.8, 4) is 0 Å². The zero-order valence-corrected chi connectivity index (χ0v) is 9.16. The van der Waals surface area contributed by atoms with E-state index in [9.17, 15) is 0 Å². The Morgan fingerprint density at radius 1 is 1.14 bits per heavy atom. The monoisotopic (exact) mass is 215 g/mol. The number of hydrogen-bond donors (Lipinski definition) is 2. The van der Waals surface area contributed by atoms with Crippen LogP contribution in [0.1, 0.15) is 5.56 Å². The second kappa shape index (κ2) is 6.04. The van der Waals surface area contributed by atoms with Crippen LogP contribution in [-0.2, 0) is 6.54 Å². The maximum absolute atomic E-state index is 8.84. The molecule has 2 N–H and O–H groups in total. The Balaban J connectivity index is 0.00000169. The van der Waals surface area contributed by atoms with Gasteiger partial charge in [0.05, 0.1) is 0 Å². The van der Waals surface area contributed by atoms with Crippen molar-refractivity contribution in [1.82, 2.24) is 4.90 Å². The number of benzene rings is 1. The normalized spacial score (nSPS) is 9.79. The zero-order chi connectivity index (χ0) is 9.84. The summed E-state index contributed by atoms with van der Waals surface area (Å²) in [7, 11) is 2.62. The summed E-state index contributed by atoms with van der Waals surface area (Å²) < 4.78 is 0. The quantitative estimate of drug-likeness (QED) is 0.689. The average molecular weight is 215 g/mol. The van der Waals surface area contributed by atoms with E-state index in [4.69, 9.17) is 10.0 Å². The highest BCUT2D eigenvalue weighted by Gasteiger charge is 2.09. The van der Waals surface area contributed by atoms with E-state index < -0.39 is 7.12 Å². The summed E-state index contributed by atoms with van der Waals surface area (Å²) in [4.78, 5) is 2.06. The summed E-state index contributed by atoms with van der Waals surface area (Å²) in [6.07, 6.45) is 0. The summed E-state index contributed by atoms with van der Waals surface area (Å²) >= 11 is 0. The highest BCUT2D eigenvalue weighted by Crippen LogP contribution is 1.99. The molecule has 0 aliphatic heterocycles. The summed E-state index contributed by atoms with van der Waals surface area (Å²) in [6, 6.07) is 7.25. The molecule has 0 radical (unpaired) electrons. The number of hydrogen-bond acceptors (Lipinski definition) is 3. The Hall–Kier alpha value is -0.545. The maximum Gasteiger partial charge on any atom is 0.488 e. The van der Waals surface area contributed by atoms with Gasteiger partial charge in [0.1, 0.15) is 0 Å². The molecule has 0 fully saturated rings. The number of rotatable bonds is 3. The van der Waals surface area contributed by atoms with Crippen molar-refractivity contribution in [3.05, 3.63) is 29.8 Å². The molecule has 78 valence electrons. The van der Waals surface area contributed by atoms with Gasteiger partial charge < -0.3 is 14.9 Å². The van der Waals surface area contributed by atoms with Gasteiger partial charge in [-0.15, -0.1) is 12.4 Å². The van der Waals surface area contributed by atoms with E-state index in [2.05, 4.69) is 4.90 Å². The fraction of sp³-hybridized carbons (Fsp3) is 0.333. The van der Waals surface area contributed by atoms with Gasteiger partial charge in [0.2, 0.25) is 0 Å². The lowest BCUT2D eigenvalue weighted by Gasteiger charge is -2.09. The molecule has 14 heavy (non-hydrogen) atoms. The predicted molar refractivity (Wildman–Crippen MR) is 60.9 cm³/mol.